The predicted octanol–water partition coefficient (Wildman–Crippen LogP) is 6.73. The highest BCUT2D eigenvalue weighted by molar-refractivity contribution is 5.95. The van der Waals surface area contributed by atoms with Crippen molar-refractivity contribution in [3.63, 3.8) is 0 Å². The van der Waals surface area contributed by atoms with Gasteiger partial charge in [-0.05, 0) is 71.5 Å². The van der Waals surface area contributed by atoms with E-state index in [-0.39, 0.29) is 5.91 Å². The highest BCUT2D eigenvalue weighted by atomic mass is 16.5. The van der Waals surface area contributed by atoms with E-state index >= 15 is 0 Å². The van der Waals surface area contributed by atoms with Gasteiger partial charge in [0.2, 0.25) is 5.82 Å². The summed E-state index contributed by atoms with van der Waals surface area (Å²) in [4.78, 5) is 23.6. The number of likely N-dealkylation sites (tertiary alicyclic amines) is 1. The molecule has 0 atom stereocenters. The summed E-state index contributed by atoms with van der Waals surface area (Å²) in [6.07, 6.45) is 4.94. The van der Waals surface area contributed by atoms with Crippen molar-refractivity contribution in [2.75, 3.05) is 31.1 Å². The third kappa shape index (κ3) is 5.27. The Morgan fingerprint density at radius 1 is 0.708 bits per heavy atom. The van der Waals surface area contributed by atoms with Gasteiger partial charge in [0.15, 0.2) is 17.1 Å². The predicted molar refractivity (Wildman–Crippen MR) is 184 cm³/mol. The van der Waals surface area contributed by atoms with Crippen LogP contribution >= 0.6 is 0 Å². The molecular formula is C39H35N7O2. The molecule has 0 unspecified atom stereocenters. The zero-order valence-electron chi connectivity index (χ0n) is 26.5. The first kappa shape index (κ1) is 29.6. The monoisotopic (exact) mass is 633 g/mol. The molecule has 1 fully saturated rings. The van der Waals surface area contributed by atoms with E-state index < -0.39 is 5.54 Å². The zero-order chi connectivity index (χ0) is 32.3. The minimum absolute atomic E-state index is 0.0198. The smallest absolute Gasteiger partial charge is 0.255 e. The van der Waals surface area contributed by atoms with E-state index in [0.29, 0.717) is 36.1 Å². The number of nitrogens with zero attached hydrogens (tertiary/aromatic N) is 7. The molecule has 0 saturated carbocycles. The number of anilines is 2. The van der Waals surface area contributed by atoms with Crippen molar-refractivity contribution in [1.29, 1.82) is 0 Å². The number of fused-ring (bicyclic) bond motifs is 1. The SMILES string of the molecule is O=C(c1cnc2c(c1)OCCN2c1ccc(-c2nnn(C(c3ccccc3)(c3ccccc3)c3ccccc3)n2)cc1)N1CCCCC1. The molecule has 48 heavy (non-hydrogen) atoms. The Morgan fingerprint density at radius 3 is 1.92 bits per heavy atom. The number of aromatic nitrogens is 5. The lowest BCUT2D eigenvalue weighted by molar-refractivity contribution is 0.0723. The summed E-state index contributed by atoms with van der Waals surface area (Å²) in [5, 5.41) is 14.3. The van der Waals surface area contributed by atoms with Gasteiger partial charge >= 0.3 is 0 Å². The first-order chi connectivity index (χ1) is 23.7. The summed E-state index contributed by atoms with van der Waals surface area (Å²) in [5.41, 5.74) is 4.62. The molecule has 2 aromatic heterocycles. The number of hydrogen-bond donors (Lipinski definition) is 0. The average Bonchev–Trinajstić information content (AvgIpc) is 3.67. The molecule has 6 aromatic rings. The maximum absolute atomic E-state index is 13.1. The fourth-order valence-corrected chi connectivity index (χ4v) is 6.89. The van der Waals surface area contributed by atoms with Crippen LogP contribution in [0.4, 0.5) is 11.5 Å². The van der Waals surface area contributed by atoms with Crippen molar-refractivity contribution >= 4 is 17.4 Å². The molecule has 4 aromatic carbocycles. The summed E-state index contributed by atoms with van der Waals surface area (Å²) in [7, 11) is 0. The summed E-state index contributed by atoms with van der Waals surface area (Å²) >= 11 is 0. The van der Waals surface area contributed by atoms with Crippen molar-refractivity contribution in [2.24, 2.45) is 0 Å². The molecule has 9 nitrogen and oxygen atoms in total. The number of benzene rings is 4. The number of hydrogen-bond acceptors (Lipinski definition) is 7. The van der Waals surface area contributed by atoms with Gasteiger partial charge in [0.05, 0.1) is 12.1 Å². The lowest BCUT2D eigenvalue weighted by Gasteiger charge is -2.34. The molecule has 2 aliphatic heterocycles. The first-order valence-electron chi connectivity index (χ1n) is 16.5. The molecule has 4 heterocycles. The molecule has 0 bridgehead atoms. The second-order valence-electron chi connectivity index (χ2n) is 12.2. The van der Waals surface area contributed by atoms with Gasteiger partial charge in [-0.1, -0.05) is 91.0 Å². The van der Waals surface area contributed by atoms with E-state index in [4.69, 9.17) is 14.8 Å². The number of ether oxygens (including phenoxy) is 1. The Hall–Kier alpha value is -5.83. The zero-order valence-corrected chi connectivity index (χ0v) is 26.5. The molecule has 0 spiro atoms. The van der Waals surface area contributed by atoms with Gasteiger partial charge in [0, 0.05) is 30.5 Å². The fourth-order valence-electron chi connectivity index (χ4n) is 6.89. The van der Waals surface area contributed by atoms with Crippen LogP contribution in [-0.4, -0.2) is 62.2 Å². The quantitative estimate of drug-likeness (QED) is 0.180. The van der Waals surface area contributed by atoms with Gasteiger partial charge in [-0.3, -0.25) is 4.79 Å². The Balaban J connectivity index is 1.12. The number of pyridine rings is 1. The Bertz CT molecular complexity index is 1910. The fraction of sp³-hybridized carbons (Fsp3) is 0.205. The van der Waals surface area contributed by atoms with Crippen molar-refractivity contribution in [1.82, 2.24) is 30.1 Å². The number of tetrazole rings is 1. The van der Waals surface area contributed by atoms with Crippen LogP contribution in [0.2, 0.25) is 0 Å². The molecule has 9 heteroatoms. The molecule has 0 radical (unpaired) electrons. The van der Waals surface area contributed by atoms with Crippen molar-refractivity contribution in [3.05, 3.63) is 150 Å². The number of piperidine rings is 1. The largest absolute Gasteiger partial charge is 0.488 e. The van der Waals surface area contributed by atoms with Gasteiger partial charge in [0.25, 0.3) is 5.91 Å². The second kappa shape index (κ2) is 12.8. The van der Waals surface area contributed by atoms with Crippen molar-refractivity contribution in [2.45, 2.75) is 24.8 Å². The maximum Gasteiger partial charge on any atom is 0.255 e. The molecule has 238 valence electrons. The van der Waals surface area contributed by atoms with Crippen LogP contribution < -0.4 is 9.64 Å². The van der Waals surface area contributed by atoms with E-state index in [1.807, 2.05) is 89.8 Å². The van der Waals surface area contributed by atoms with Crippen LogP contribution in [0, 0.1) is 0 Å². The third-order valence-electron chi connectivity index (χ3n) is 9.28. The number of carbonyl (C=O) groups is 1. The number of carbonyl (C=O) groups excluding carboxylic acids is 1. The van der Waals surface area contributed by atoms with Crippen LogP contribution in [0.15, 0.2) is 128 Å². The molecule has 1 saturated heterocycles. The minimum Gasteiger partial charge on any atom is -0.488 e. The van der Waals surface area contributed by atoms with E-state index in [2.05, 4.69) is 51.6 Å². The van der Waals surface area contributed by atoms with E-state index in [1.54, 1.807) is 11.0 Å². The second-order valence-corrected chi connectivity index (χ2v) is 12.2. The van der Waals surface area contributed by atoms with Crippen LogP contribution in [0.3, 0.4) is 0 Å². The van der Waals surface area contributed by atoms with Gasteiger partial charge in [-0.25, -0.2) is 4.98 Å². The summed E-state index contributed by atoms with van der Waals surface area (Å²) in [6, 6.07) is 40.9. The third-order valence-corrected chi connectivity index (χ3v) is 9.28. The van der Waals surface area contributed by atoms with Gasteiger partial charge < -0.3 is 14.5 Å². The topological polar surface area (TPSA) is 89.3 Å². The highest BCUT2D eigenvalue weighted by Gasteiger charge is 2.41. The van der Waals surface area contributed by atoms with Gasteiger partial charge in [-0.2, -0.15) is 0 Å². The number of amides is 1. The molecule has 0 N–H and O–H groups in total. The highest BCUT2D eigenvalue weighted by Crippen LogP contribution is 2.40. The van der Waals surface area contributed by atoms with Crippen LogP contribution in [-0.2, 0) is 5.54 Å². The summed E-state index contributed by atoms with van der Waals surface area (Å²) < 4.78 is 5.98. The number of rotatable bonds is 7. The van der Waals surface area contributed by atoms with Gasteiger partial charge in [0.1, 0.15) is 6.61 Å². The van der Waals surface area contributed by atoms with Crippen LogP contribution in [0.1, 0.15) is 46.3 Å². The molecule has 1 amide bonds. The molecule has 0 aliphatic carbocycles. The Labute approximate surface area is 279 Å². The average molecular weight is 634 g/mol. The van der Waals surface area contributed by atoms with E-state index in [0.717, 1.165) is 53.9 Å². The lowest BCUT2D eigenvalue weighted by Crippen LogP contribution is -2.39. The molecular weight excluding hydrogens is 598 g/mol. The van der Waals surface area contributed by atoms with Crippen LogP contribution in [0.25, 0.3) is 11.4 Å². The van der Waals surface area contributed by atoms with E-state index in [9.17, 15) is 4.79 Å². The van der Waals surface area contributed by atoms with Crippen LogP contribution in [0.5, 0.6) is 5.75 Å². The Morgan fingerprint density at radius 2 is 1.31 bits per heavy atom. The summed E-state index contributed by atoms with van der Waals surface area (Å²) in [6.45, 7) is 2.72. The van der Waals surface area contributed by atoms with E-state index in [1.165, 1.54) is 6.42 Å². The lowest BCUT2D eigenvalue weighted by atomic mass is 9.77. The van der Waals surface area contributed by atoms with Crippen molar-refractivity contribution in [3.8, 4) is 17.1 Å². The van der Waals surface area contributed by atoms with Crippen molar-refractivity contribution < 1.29 is 9.53 Å². The standard InChI is InChI=1S/C39H35N7O2/c47-38(44-23-11-4-12-24-44)30-27-35-37(40-28-30)45(25-26-48-35)34-21-19-29(20-22-34)36-41-43-46(42-36)39(31-13-5-1-6-14-31,32-15-7-2-8-16-32)33-17-9-3-10-18-33/h1-3,5-10,13-22,27-28H,4,11-12,23-26H2. The minimum atomic E-state index is -0.841. The van der Waals surface area contributed by atoms with Gasteiger partial charge in [-0.15, -0.1) is 15.0 Å². The first-order valence-corrected chi connectivity index (χ1v) is 16.5. The normalized spacial score (nSPS) is 14.7. The Kier molecular flexibility index (Phi) is 7.86. The molecule has 8 rings (SSSR count). The maximum atomic E-state index is 13.1. The summed E-state index contributed by atoms with van der Waals surface area (Å²) in [5.74, 6) is 1.87. The molecule has 2 aliphatic rings.